The Morgan fingerprint density at radius 3 is 2.43 bits per heavy atom. The highest BCUT2D eigenvalue weighted by atomic mass is 35.5. The van der Waals surface area contributed by atoms with E-state index in [0.717, 1.165) is 0 Å². The minimum Gasteiger partial charge on any atom is -0.473 e. The van der Waals surface area contributed by atoms with Crippen LogP contribution in [0, 0.1) is 0 Å². The Balaban J connectivity index is 2.16. The molecule has 5 nitrogen and oxygen atoms in total. The van der Waals surface area contributed by atoms with Crippen LogP contribution in [0.15, 0.2) is 57.7 Å². The molecular formula is C22H22ClNO4. The number of fused-ring (bicyclic) bond motifs is 1. The summed E-state index contributed by atoms with van der Waals surface area (Å²) in [4.78, 5) is 27.4. The molecule has 1 unspecified atom stereocenters. The smallest absolute Gasteiger partial charge is 0.263 e. The van der Waals surface area contributed by atoms with E-state index in [2.05, 4.69) is 0 Å². The largest absolute Gasteiger partial charge is 0.473 e. The average molecular weight is 400 g/mol. The second-order valence-corrected chi connectivity index (χ2v) is 6.74. The van der Waals surface area contributed by atoms with E-state index in [9.17, 15) is 9.59 Å². The number of carbonyl (C=O) groups excluding carboxylic acids is 1. The molecule has 1 heterocycles. The summed E-state index contributed by atoms with van der Waals surface area (Å²) in [7, 11) is 0. The molecule has 0 radical (unpaired) electrons. The number of halogens is 1. The lowest BCUT2D eigenvalue weighted by molar-refractivity contribution is -0.137. The Bertz CT molecular complexity index is 1060. The maximum absolute atomic E-state index is 13.1. The number of hydrogen-bond acceptors (Lipinski definition) is 4. The van der Waals surface area contributed by atoms with Crippen molar-refractivity contribution in [2.45, 2.75) is 26.9 Å². The fourth-order valence-corrected chi connectivity index (χ4v) is 3.30. The monoisotopic (exact) mass is 399 g/mol. The van der Waals surface area contributed by atoms with Crippen molar-refractivity contribution in [3.63, 3.8) is 0 Å². The summed E-state index contributed by atoms with van der Waals surface area (Å²) in [6, 6.07) is 14.0. The third-order valence-electron chi connectivity index (χ3n) is 4.59. The van der Waals surface area contributed by atoms with Gasteiger partial charge >= 0.3 is 0 Å². The summed E-state index contributed by atoms with van der Waals surface area (Å²) >= 11 is 6.34. The Hall–Kier alpha value is -2.79. The number of benzene rings is 2. The zero-order chi connectivity index (χ0) is 20.3. The molecule has 3 rings (SSSR count). The maximum atomic E-state index is 13.1. The van der Waals surface area contributed by atoms with E-state index in [1.165, 1.54) is 0 Å². The van der Waals surface area contributed by atoms with E-state index >= 15 is 0 Å². The lowest BCUT2D eigenvalue weighted by atomic mass is 10.1. The highest BCUT2D eigenvalue weighted by Crippen LogP contribution is 2.35. The van der Waals surface area contributed by atoms with Gasteiger partial charge in [0.05, 0.1) is 10.4 Å². The fraction of sp³-hybridized carbons (Fsp3) is 0.273. The van der Waals surface area contributed by atoms with Crippen molar-refractivity contribution in [1.29, 1.82) is 0 Å². The van der Waals surface area contributed by atoms with Crippen molar-refractivity contribution in [3.05, 3.63) is 63.8 Å². The number of carbonyl (C=O) groups is 1. The zero-order valence-corrected chi connectivity index (χ0v) is 16.8. The van der Waals surface area contributed by atoms with Crippen LogP contribution in [0.3, 0.4) is 0 Å². The van der Waals surface area contributed by atoms with Crippen molar-refractivity contribution in [2.24, 2.45) is 0 Å². The third-order valence-corrected chi connectivity index (χ3v) is 4.92. The Kier molecular flexibility index (Phi) is 6.05. The number of hydrogen-bond donors (Lipinski definition) is 0. The molecule has 1 amide bonds. The molecule has 0 saturated carbocycles. The summed E-state index contributed by atoms with van der Waals surface area (Å²) in [5.41, 5.74) is 0.623. The van der Waals surface area contributed by atoms with Gasteiger partial charge in [-0.1, -0.05) is 35.9 Å². The van der Waals surface area contributed by atoms with Crippen LogP contribution in [-0.4, -0.2) is 30.0 Å². The van der Waals surface area contributed by atoms with Crippen molar-refractivity contribution in [3.8, 4) is 17.1 Å². The van der Waals surface area contributed by atoms with Crippen molar-refractivity contribution in [1.82, 2.24) is 4.90 Å². The molecule has 1 atom stereocenters. The zero-order valence-electron chi connectivity index (χ0n) is 16.1. The first-order valence-corrected chi connectivity index (χ1v) is 9.61. The van der Waals surface area contributed by atoms with Gasteiger partial charge in [0.2, 0.25) is 11.2 Å². The van der Waals surface area contributed by atoms with Crippen LogP contribution >= 0.6 is 11.6 Å². The average Bonchev–Trinajstić information content (AvgIpc) is 2.71. The van der Waals surface area contributed by atoms with E-state index in [4.69, 9.17) is 20.8 Å². The van der Waals surface area contributed by atoms with E-state index in [-0.39, 0.29) is 22.8 Å². The van der Waals surface area contributed by atoms with E-state index < -0.39 is 6.10 Å². The van der Waals surface area contributed by atoms with E-state index in [0.29, 0.717) is 34.6 Å². The molecule has 0 spiro atoms. The molecule has 0 aliphatic rings. The first kappa shape index (κ1) is 20.0. The fourth-order valence-electron chi connectivity index (χ4n) is 3.07. The lowest BCUT2D eigenvalue weighted by Crippen LogP contribution is -2.40. The van der Waals surface area contributed by atoms with E-state index in [1.807, 2.05) is 13.8 Å². The topological polar surface area (TPSA) is 59.8 Å². The van der Waals surface area contributed by atoms with Gasteiger partial charge in [0, 0.05) is 18.7 Å². The predicted octanol–water partition coefficient (Wildman–Crippen LogP) is 4.75. The lowest BCUT2D eigenvalue weighted by Gasteiger charge is -2.23. The third kappa shape index (κ3) is 3.76. The molecule has 0 saturated heterocycles. The highest BCUT2D eigenvalue weighted by Gasteiger charge is 2.25. The van der Waals surface area contributed by atoms with Crippen LogP contribution in [0.5, 0.6) is 5.75 Å². The minimum absolute atomic E-state index is 0.0141. The van der Waals surface area contributed by atoms with Crippen molar-refractivity contribution < 1.29 is 13.9 Å². The van der Waals surface area contributed by atoms with Crippen LogP contribution in [0.1, 0.15) is 20.8 Å². The Labute approximate surface area is 168 Å². The number of nitrogens with zero attached hydrogens (tertiary/aromatic N) is 1. The standard InChI is InChI=1S/C22H22ClNO4/c1-4-24(5-2)22(26)14(3)27-21-19(25)16-11-7-9-13-18(16)28-20(21)15-10-6-8-12-17(15)23/h6-14H,4-5H2,1-3H3. The van der Waals surface area contributed by atoms with Gasteiger partial charge in [-0.3, -0.25) is 9.59 Å². The molecule has 146 valence electrons. The van der Waals surface area contributed by atoms with Crippen LogP contribution < -0.4 is 10.2 Å². The second kappa shape index (κ2) is 8.48. The first-order valence-electron chi connectivity index (χ1n) is 9.24. The molecule has 0 aliphatic heterocycles. The van der Waals surface area contributed by atoms with Gasteiger partial charge in [0.25, 0.3) is 5.91 Å². The number of rotatable bonds is 6. The first-order chi connectivity index (χ1) is 13.5. The van der Waals surface area contributed by atoms with Gasteiger partial charge in [-0.15, -0.1) is 0 Å². The van der Waals surface area contributed by atoms with Gasteiger partial charge in [0.15, 0.2) is 11.9 Å². The Morgan fingerprint density at radius 2 is 1.75 bits per heavy atom. The van der Waals surface area contributed by atoms with E-state index in [1.54, 1.807) is 60.4 Å². The quantitative estimate of drug-likeness (QED) is 0.600. The predicted molar refractivity (Wildman–Crippen MR) is 111 cm³/mol. The number of amides is 1. The molecule has 3 aromatic rings. The normalized spacial score (nSPS) is 12.0. The van der Waals surface area contributed by atoms with Crippen molar-refractivity contribution >= 4 is 28.5 Å². The molecule has 0 aliphatic carbocycles. The second-order valence-electron chi connectivity index (χ2n) is 6.34. The summed E-state index contributed by atoms with van der Waals surface area (Å²) < 4.78 is 11.9. The highest BCUT2D eigenvalue weighted by molar-refractivity contribution is 6.33. The van der Waals surface area contributed by atoms with Crippen LogP contribution in [-0.2, 0) is 4.79 Å². The summed E-state index contributed by atoms with van der Waals surface area (Å²) in [5, 5.41) is 0.810. The molecular weight excluding hydrogens is 378 g/mol. The molecule has 0 fully saturated rings. The van der Waals surface area contributed by atoms with Crippen LogP contribution in [0.2, 0.25) is 5.02 Å². The van der Waals surface area contributed by atoms with Gasteiger partial charge in [0.1, 0.15) is 5.58 Å². The molecule has 1 aromatic heterocycles. The van der Waals surface area contributed by atoms with Gasteiger partial charge < -0.3 is 14.1 Å². The maximum Gasteiger partial charge on any atom is 0.263 e. The summed E-state index contributed by atoms with van der Waals surface area (Å²) in [6.45, 7) is 6.55. The number of likely N-dealkylation sites (N-methyl/N-ethyl adjacent to an activating group) is 1. The molecule has 2 aromatic carbocycles. The molecule has 0 bridgehead atoms. The van der Waals surface area contributed by atoms with Gasteiger partial charge in [-0.25, -0.2) is 0 Å². The minimum atomic E-state index is -0.842. The summed E-state index contributed by atoms with van der Waals surface area (Å²) in [5.74, 6) is 0.0102. The summed E-state index contributed by atoms with van der Waals surface area (Å²) in [6.07, 6.45) is -0.842. The van der Waals surface area contributed by atoms with Crippen molar-refractivity contribution in [2.75, 3.05) is 13.1 Å². The SMILES string of the molecule is CCN(CC)C(=O)C(C)Oc1c(-c2ccccc2Cl)oc2ccccc2c1=O. The van der Waals surface area contributed by atoms with Crippen LogP contribution in [0.4, 0.5) is 0 Å². The number of ether oxygens (including phenoxy) is 1. The molecule has 0 N–H and O–H groups in total. The van der Waals surface area contributed by atoms with Gasteiger partial charge in [-0.05, 0) is 45.0 Å². The number of para-hydroxylation sites is 1. The molecule has 28 heavy (non-hydrogen) atoms. The Morgan fingerprint density at radius 1 is 1.11 bits per heavy atom. The molecule has 6 heteroatoms. The van der Waals surface area contributed by atoms with Gasteiger partial charge in [-0.2, -0.15) is 0 Å². The van der Waals surface area contributed by atoms with Crippen LogP contribution in [0.25, 0.3) is 22.3 Å².